The second kappa shape index (κ2) is 5.59. The fourth-order valence-electron chi connectivity index (χ4n) is 5.38. The fourth-order valence-corrected chi connectivity index (χ4v) is 6.36. The molecule has 0 aliphatic heterocycles. The summed E-state index contributed by atoms with van der Waals surface area (Å²) in [7, 11) is 0. The lowest BCUT2D eigenvalue weighted by Crippen LogP contribution is -2.48. The Kier molecular flexibility index (Phi) is 3.71. The van der Waals surface area contributed by atoms with Gasteiger partial charge in [-0.3, -0.25) is 4.79 Å². The molecule has 4 aliphatic carbocycles. The first kappa shape index (κ1) is 14.6. The van der Waals surface area contributed by atoms with Crippen LogP contribution >= 0.6 is 11.3 Å². The summed E-state index contributed by atoms with van der Waals surface area (Å²) in [6.07, 6.45) is 10.8. The normalized spacial score (nSPS) is 35.8. The highest BCUT2D eigenvalue weighted by Crippen LogP contribution is 2.61. The van der Waals surface area contributed by atoms with Crippen LogP contribution in [0.1, 0.15) is 69.7 Å². The summed E-state index contributed by atoms with van der Waals surface area (Å²) < 4.78 is 0. The van der Waals surface area contributed by atoms with Gasteiger partial charge >= 0.3 is 0 Å². The van der Waals surface area contributed by atoms with E-state index in [0.29, 0.717) is 17.0 Å². The molecule has 0 saturated heterocycles. The lowest BCUT2D eigenvalue weighted by molar-refractivity contribution is -0.116. The van der Waals surface area contributed by atoms with E-state index in [1.54, 1.807) is 11.3 Å². The number of carbonyl (C=O) groups is 1. The Bertz CT molecular complexity index is 533. The molecule has 0 unspecified atom stereocenters. The smallest absolute Gasteiger partial charge is 0.226 e. The molecule has 1 aromatic heterocycles. The summed E-state index contributed by atoms with van der Waals surface area (Å²) in [5.41, 5.74) is 0.290. The number of hydrogen-bond donors (Lipinski definition) is 1. The first-order valence-corrected chi connectivity index (χ1v) is 9.62. The maximum absolute atomic E-state index is 11.9. The highest BCUT2D eigenvalue weighted by atomic mass is 32.1. The molecule has 0 atom stereocenters. The van der Waals surface area contributed by atoms with E-state index in [4.69, 9.17) is 0 Å². The van der Waals surface area contributed by atoms with Gasteiger partial charge in [0, 0.05) is 11.8 Å². The molecule has 4 aliphatic rings. The van der Waals surface area contributed by atoms with Crippen LogP contribution in [0.3, 0.4) is 0 Å². The molecule has 120 valence electrons. The molecule has 4 saturated carbocycles. The molecule has 0 radical (unpaired) electrons. The van der Waals surface area contributed by atoms with Gasteiger partial charge in [-0.2, -0.15) is 0 Å². The van der Waals surface area contributed by atoms with Crippen LogP contribution in [0.25, 0.3) is 0 Å². The van der Waals surface area contributed by atoms with Gasteiger partial charge in [-0.15, -0.1) is 10.2 Å². The number of nitrogens with zero attached hydrogens (tertiary/aromatic N) is 2. The van der Waals surface area contributed by atoms with Gasteiger partial charge in [0.25, 0.3) is 0 Å². The van der Waals surface area contributed by atoms with E-state index in [1.165, 1.54) is 43.5 Å². The first-order valence-electron chi connectivity index (χ1n) is 8.81. The third kappa shape index (κ3) is 2.57. The van der Waals surface area contributed by atoms with Crippen LogP contribution in [0, 0.1) is 17.8 Å². The van der Waals surface area contributed by atoms with Crippen LogP contribution in [-0.4, -0.2) is 16.1 Å². The van der Waals surface area contributed by atoms with Crippen LogP contribution < -0.4 is 5.32 Å². The van der Waals surface area contributed by atoms with E-state index >= 15 is 0 Å². The lowest BCUT2D eigenvalue weighted by atomic mass is 9.50. The number of nitrogens with one attached hydrogen (secondary N) is 1. The van der Waals surface area contributed by atoms with Gasteiger partial charge in [0.1, 0.15) is 5.01 Å². The molecule has 1 heterocycles. The molecular weight excluding hydrogens is 294 g/mol. The number of hydrogen-bond acceptors (Lipinski definition) is 4. The summed E-state index contributed by atoms with van der Waals surface area (Å²) in [6.45, 7) is 2.10. The van der Waals surface area contributed by atoms with Crippen molar-refractivity contribution in [3.63, 3.8) is 0 Å². The van der Waals surface area contributed by atoms with Gasteiger partial charge in [0.2, 0.25) is 11.0 Å². The van der Waals surface area contributed by atoms with E-state index in [1.807, 2.05) is 0 Å². The zero-order chi connectivity index (χ0) is 15.2. The summed E-state index contributed by atoms with van der Waals surface area (Å²) in [6, 6.07) is 0. The molecule has 4 nitrogen and oxygen atoms in total. The Morgan fingerprint density at radius 1 is 1.18 bits per heavy atom. The predicted molar refractivity (Wildman–Crippen MR) is 87.9 cm³/mol. The highest BCUT2D eigenvalue weighted by Gasteiger charge is 2.53. The number of amides is 1. The molecule has 1 aromatic rings. The molecular formula is C17H25N3OS. The van der Waals surface area contributed by atoms with E-state index < -0.39 is 0 Å². The van der Waals surface area contributed by atoms with Crippen molar-refractivity contribution in [3.8, 4) is 0 Å². The standard InChI is InChI=1S/C17H25N3OS/c1-2-3-4-14(21)18-16-20-19-15(22-16)17-8-11-5-12(9-17)7-13(6-11)10-17/h11-13H,2-10H2,1H3,(H,18,20,21). The third-order valence-electron chi connectivity index (χ3n) is 5.92. The molecule has 4 bridgehead atoms. The molecule has 5 heteroatoms. The Hall–Kier alpha value is -0.970. The van der Waals surface area contributed by atoms with Crippen molar-refractivity contribution >= 4 is 22.4 Å². The number of carbonyl (C=O) groups excluding carboxylic acids is 1. The van der Waals surface area contributed by atoms with Crippen molar-refractivity contribution in [2.45, 2.75) is 70.1 Å². The van der Waals surface area contributed by atoms with Crippen molar-refractivity contribution in [1.29, 1.82) is 0 Å². The molecule has 0 aromatic carbocycles. The van der Waals surface area contributed by atoms with Crippen molar-refractivity contribution in [2.75, 3.05) is 5.32 Å². The summed E-state index contributed by atoms with van der Waals surface area (Å²) in [5.74, 6) is 2.82. The summed E-state index contributed by atoms with van der Waals surface area (Å²) in [4.78, 5) is 11.9. The molecule has 1 amide bonds. The highest BCUT2D eigenvalue weighted by molar-refractivity contribution is 7.15. The number of aromatic nitrogens is 2. The lowest BCUT2D eigenvalue weighted by Gasteiger charge is -2.55. The van der Waals surface area contributed by atoms with E-state index in [-0.39, 0.29) is 5.91 Å². The van der Waals surface area contributed by atoms with Gasteiger partial charge in [-0.1, -0.05) is 24.7 Å². The van der Waals surface area contributed by atoms with E-state index in [0.717, 1.165) is 30.6 Å². The molecule has 5 rings (SSSR count). The van der Waals surface area contributed by atoms with Crippen molar-refractivity contribution in [1.82, 2.24) is 10.2 Å². The van der Waals surface area contributed by atoms with Crippen molar-refractivity contribution in [3.05, 3.63) is 5.01 Å². The topological polar surface area (TPSA) is 54.9 Å². The molecule has 22 heavy (non-hydrogen) atoms. The first-order chi connectivity index (χ1) is 10.7. The largest absolute Gasteiger partial charge is 0.301 e. The minimum Gasteiger partial charge on any atom is -0.301 e. The zero-order valence-electron chi connectivity index (χ0n) is 13.3. The molecule has 0 spiro atoms. The van der Waals surface area contributed by atoms with Crippen LogP contribution in [0.2, 0.25) is 0 Å². The SMILES string of the molecule is CCCCC(=O)Nc1nnc(C23CC4CC(CC(C4)C2)C3)s1. The number of anilines is 1. The fraction of sp³-hybridized carbons (Fsp3) is 0.824. The zero-order valence-corrected chi connectivity index (χ0v) is 14.1. The minimum absolute atomic E-state index is 0.0788. The van der Waals surface area contributed by atoms with Gasteiger partial charge in [-0.05, 0) is 62.7 Å². The van der Waals surface area contributed by atoms with Crippen molar-refractivity contribution in [2.24, 2.45) is 17.8 Å². The van der Waals surface area contributed by atoms with Crippen LogP contribution in [-0.2, 0) is 10.2 Å². The van der Waals surface area contributed by atoms with Gasteiger partial charge in [-0.25, -0.2) is 0 Å². The van der Waals surface area contributed by atoms with E-state index in [2.05, 4.69) is 22.4 Å². The Balaban J connectivity index is 1.48. The monoisotopic (exact) mass is 319 g/mol. The average Bonchev–Trinajstić information content (AvgIpc) is 2.93. The van der Waals surface area contributed by atoms with Crippen LogP contribution in [0.15, 0.2) is 0 Å². The van der Waals surface area contributed by atoms with Gasteiger partial charge in [0.05, 0.1) is 0 Å². The van der Waals surface area contributed by atoms with Crippen LogP contribution in [0.4, 0.5) is 5.13 Å². The Morgan fingerprint density at radius 2 is 1.82 bits per heavy atom. The van der Waals surface area contributed by atoms with Crippen LogP contribution in [0.5, 0.6) is 0 Å². The maximum atomic E-state index is 11.9. The second-order valence-corrected chi connectivity index (χ2v) is 8.74. The second-order valence-electron chi connectivity index (χ2n) is 7.76. The van der Waals surface area contributed by atoms with Crippen molar-refractivity contribution < 1.29 is 4.79 Å². The number of unbranched alkanes of at least 4 members (excludes halogenated alkanes) is 1. The average molecular weight is 319 g/mol. The Labute approximate surface area is 136 Å². The molecule has 1 N–H and O–H groups in total. The van der Waals surface area contributed by atoms with Gasteiger partial charge < -0.3 is 5.32 Å². The third-order valence-corrected chi connectivity index (χ3v) is 7.01. The van der Waals surface area contributed by atoms with Gasteiger partial charge in [0.15, 0.2) is 0 Å². The summed E-state index contributed by atoms with van der Waals surface area (Å²) in [5, 5.41) is 13.6. The Morgan fingerprint density at radius 3 is 2.41 bits per heavy atom. The summed E-state index contributed by atoms with van der Waals surface area (Å²) >= 11 is 1.63. The quantitative estimate of drug-likeness (QED) is 0.887. The van der Waals surface area contributed by atoms with E-state index in [9.17, 15) is 4.79 Å². The minimum atomic E-state index is 0.0788. The predicted octanol–water partition coefficient (Wildman–Crippen LogP) is 4.13. The number of rotatable bonds is 5. The molecule has 4 fully saturated rings. The maximum Gasteiger partial charge on any atom is 0.226 e.